The fourth-order valence-corrected chi connectivity index (χ4v) is 2.50. The van der Waals surface area contributed by atoms with E-state index in [1.807, 2.05) is 7.05 Å². The first kappa shape index (κ1) is 13.7. The number of phenolic OH excluding ortho intramolecular Hbond substituents is 2. The van der Waals surface area contributed by atoms with Gasteiger partial charge in [0.15, 0.2) is 0 Å². The molecule has 0 bridgehead atoms. The van der Waals surface area contributed by atoms with Crippen LogP contribution in [0.2, 0.25) is 0 Å². The Kier molecular flexibility index (Phi) is 4.27. The number of hydrogen-bond donors (Lipinski definition) is 4. The Morgan fingerprint density at radius 2 is 1.79 bits per heavy atom. The first-order valence-corrected chi connectivity index (χ1v) is 6.60. The molecule has 2 rings (SSSR count). The van der Waals surface area contributed by atoms with Crippen LogP contribution in [0.5, 0.6) is 11.5 Å². The molecule has 0 heterocycles. The molecule has 0 atom stereocenters. The van der Waals surface area contributed by atoms with Crippen molar-refractivity contribution in [3.63, 3.8) is 0 Å². The number of hydrogen-bond acceptors (Lipinski definition) is 4. The van der Waals surface area contributed by atoms with Crippen LogP contribution in [0.25, 0.3) is 0 Å². The summed E-state index contributed by atoms with van der Waals surface area (Å²) in [5, 5.41) is 25.1. The van der Waals surface area contributed by atoms with Gasteiger partial charge in [0.25, 0.3) is 5.91 Å². The maximum Gasteiger partial charge on any atom is 0.255 e. The van der Waals surface area contributed by atoms with Crippen molar-refractivity contribution in [1.29, 1.82) is 0 Å². The zero-order valence-electron chi connectivity index (χ0n) is 11.0. The molecule has 1 aliphatic rings. The maximum absolute atomic E-state index is 12.0. The zero-order chi connectivity index (χ0) is 13.8. The summed E-state index contributed by atoms with van der Waals surface area (Å²) in [6.45, 7) is 0. The summed E-state index contributed by atoms with van der Waals surface area (Å²) in [6, 6.07) is 4.62. The average molecular weight is 264 g/mol. The lowest BCUT2D eigenvalue weighted by molar-refractivity contribution is 0.0921. The van der Waals surface area contributed by atoms with Gasteiger partial charge in [-0.2, -0.15) is 0 Å². The molecule has 1 amide bonds. The fourth-order valence-electron chi connectivity index (χ4n) is 2.50. The second-order valence-corrected chi connectivity index (χ2v) is 5.01. The summed E-state index contributed by atoms with van der Waals surface area (Å²) in [5.74, 6) is -0.470. The summed E-state index contributed by atoms with van der Waals surface area (Å²) >= 11 is 0. The Balaban J connectivity index is 1.96. The van der Waals surface area contributed by atoms with Crippen LogP contribution in [0.15, 0.2) is 18.2 Å². The van der Waals surface area contributed by atoms with Gasteiger partial charge in [-0.1, -0.05) is 0 Å². The molecule has 0 unspecified atom stereocenters. The number of aromatic hydroxyl groups is 2. The predicted octanol–water partition coefficient (Wildman–Crippen LogP) is 1.36. The second kappa shape index (κ2) is 5.93. The molecule has 1 aromatic carbocycles. The number of rotatable bonds is 3. The molecule has 19 heavy (non-hydrogen) atoms. The lowest BCUT2D eigenvalue weighted by Crippen LogP contribution is -2.41. The van der Waals surface area contributed by atoms with E-state index in [2.05, 4.69) is 10.6 Å². The molecular formula is C14H20N2O3. The largest absolute Gasteiger partial charge is 0.508 e. The normalized spacial score (nSPS) is 23.0. The summed E-state index contributed by atoms with van der Waals surface area (Å²) in [7, 11) is 1.95. The van der Waals surface area contributed by atoms with Crippen molar-refractivity contribution in [2.24, 2.45) is 0 Å². The first-order chi connectivity index (χ1) is 9.10. The van der Waals surface area contributed by atoms with Crippen LogP contribution in [0.3, 0.4) is 0 Å². The van der Waals surface area contributed by atoms with E-state index in [-0.39, 0.29) is 29.0 Å². The minimum Gasteiger partial charge on any atom is -0.508 e. The highest BCUT2D eigenvalue weighted by molar-refractivity contribution is 5.97. The third kappa shape index (κ3) is 3.38. The molecule has 1 saturated carbocycles. The van der Waals surface area contributed by atoms with Gasteiger partial charge in [0.2, 0.25) is 0 Å². The molecular weight excluding hydrogens is 244 g/mol. The van der Waals surface area contributed by atoms with Gasteiger partial charge in [0.1, 0.15) is 11.5 Å². The van der Waals surface area contributed by atoms with E-state index in [0.717, 1.165) is 25.7 Å². The van der Waals surface area contributed by atoms with Gasteiger partial charge in [0.05, 0.1) is 5.56 Å². The number of benzene rings is 1. The van der Waals surface area contributed by atoms with E-state index in [1.165, 1.54) is 18.2 Å². The second-order valence-electron chi connectivity index (χ2n) is 5.01. The van der Waals surface area contributed by atoms with Crippen LogP contribution < -0.4 is 10.6 Å². The molecule has 1 aromatic rings. The van der Waals surface area contributed by atoms with Gasteiger partial charge in [0, 0.05) is 12.1 Å². The standard InChI is InChI=1S/C14H20N2O3/c1-15-9-2-4-10(5-3-9)16-14(19)12-8-11(17)6-7-13(12)18/h6-10,15,17-18H,2-5H2,1H3,(H,16,19). The molecule has 5 nitrogen and oxygen atoms in total. The van der Waals surface area contributed by atoms with E-state index in [4.69, 9.17) is 0 Å². The summed E-state index contributed by atoms with van der Waals surface area (Å²) < 4.78 is 0. The van der Waals surface area contributed by atoms with Crippen molar-refractivity contribution >= 4 is 5.91 Å². The quantitative estimate of drug-likeness (QED) is 0.621. The summed E-state index contributed by atoms with van der Waals surface area (Å²) in [5.41, 5.74) is 0.121. The van der Waals surface area contributed by atoms with Gasteiger partial charge in [-0.3, -0.25) is 4.79 Å². The Hall–Kier alpha value is -1.75. The average Bonchev–Trinajstić information content (AvgIpc) is 2.42. The van der Waals surface area contributed by atoms with Gasteiger partial charge in [-0.05, 0) is 50.9 Å². The van der Waals surface area contributed by atoms with Gasteiger partial charge in [-0.25, -0.2) is 0 Å². The lowest BCUT2D eigenvalue weighted by atomic mass is 9.91. The minimum atomic E-state index is -0.332. The molecule has 0 spiro atoms. The SMILES string of the molecule is CNC1CCC(NC(=O)c2cc(O)ccc2O)CC1. The van der Waals surface area contributed by atoms with Crippen molar-refractivity contribution in [3.05, 3.63) is 23.8 Å². The molecule has 0 saturated heterocycles. The summed E-state index contributed by atoms with van der Waals surface area (Å²) in [6.07, 6.45) is 3.93. The highest BCUT2D eigenvalue weighted by Crippen LogP contribution is 2.23. The number of carbonyl (C=O) groups is 1. The van der Waals surface area contributed by atoms with E-state index < -0.39 is 0 Å². The monoisotopic (exact) mass is 264 g/mol. The highest BCUT2D eigenvalue weighted by atomic mass is 16.3. The number of nitrogens with one attached hydrogen (secondary N) is 2. The van der Waals surface area contributed by atoms with E-state index in [1.54, 1.807) is 0 Å². The minimum absolute atomic E-state index is 0.0261. The molecule has 0 radical (unpaired) electrons. The van der Waals surface area contributed by atoms with Crippen LogP contribution in [0, 0.1) is 0 Å². The highest BCUT2D eigenvalue weighted by Gasteiger charge is 2.22. The number of phenols is 2. The van der Waals surface area contributed by atoms with Crippen LogP contribution >= 0.6 is 0 Å². The fraction of sp³-hybridized carbons (Fsp3) is 0.500. The number of carbonyl (C=O) groups excluding carboxylic acids is 1. The molecule has 4 N–H and O–H groups in total. The molecule has 1 fully saturated rings. The Morgan fingerprint density at radius 3 is 2.42 bits per heavy atom. The van der Waals surface area contributed by atoms with Crippen LogP contribution in [0.1, 0.15) is 36.0 Å². The van der Waals surface area contributed by atoms with Gasteiger partial charge >= 0.3 is 0 Å². The molecule has 0 aliphatic heterocycles. The number of amides is 1. The van der Waals surface area contributed by atoms with E-state index >= 15 is 0 Å². The topological polar surface area (TPSA) is 81.6 Å². The first-order valence-electron chi connectivity index (χ1n) is 6.60. The molecule has 5 heteroatoms. The van der Waals surface area contributed by atoms with Gasteiger partial charge in [-0.15, -0.1) is 0 Å². The molecule has 0 aromatic heterocycles. The molecule has 1 aliphatic carbocycles. The van der Waals surface area contributed by atoms with Crippen molar-refractivity contribution in [1.82, 2.24) is 10.6 Å². The van der Waals surface area contributed by atoms with Crippen molar-refractivity contribution in [3.8, 4) is 11.5 Å². The van der Waals surface area contributed by atoms with E-state index in [9.17, 15) is 15.0 Å². The smallest absolute Gasteiger partial charge is 0.255 e. The van der Waals surface area contributed by atoms with Crippen molar-refractivity contribution in [2.75, 3.05) is 7.05 Å². The van der Waals surface area contributed by atoms with Crippen LogP contribution in [0.4, 0.5) is 0 Å². The molecule has 104 valence electrons. The zero-order valence-corrected chi connectivity index (χ0v) is 11.0. The maximum atomic E-state index is 12.0. The Morgan fingerprint density at radius 1 is 1.16 bits per heavy atom. The Bertz CT molecular complexity index is 454. The summed E-state index contributed by atoms with van der Waals surface area (Å²) in [4.78, 5) is 12.0. The third-order valence-corrected chi connectivity index (χ3v) is 3.70. The lowest BCUT2D eigenvalue weighted by Gasteiger charge is -2.28. The van der Waals surface area contributed by atoms with Crippen LogP contribution in [-0.4, -0.2) is 35.3 Å². The van der Waals surface area contributed by atoms with Gasteiger partial charge < -0.3 is 20.8 Å². The predicted molar refractivity (Wildman–Crippen MR) is 72.3 cm³/mol. The van der Waals surface area contributed by atoms with Crippen molar-refractivity contribution < 1.29 is 15.0 Å². The Labute approximate surface area is 112 Å². The van der Waals surface area contributed by atoms with Crippen LogP contribution in [-0.2, 0) is 0 Å². The third-order valence-electron chi connectivity index (χ3n) is 3.70. The van der Waals surface area contributed by atoms with Crippen molar-refractivity contribution in [2.45, 2.75) is 37.8 Å². The van der Waals surface area contributed by atoms with E-state index in [0.29, 0.717) is 6.04 Å².